The molecule has 0 aliphatic heterocycles. The van der Waals surface area contributed by atoms with Gasteiger partial charge in [0.2, 0.25) is 5.82 Å². The minimum atomic E-state index is -0.143. The minimum absolute atomic E-state index is 0.143. The van der Waals surface area contributed by atoms with Gasteiger partial charge in [0.15, 0.2) is 0 Å². The van der Waals surface area contributed by atoms with Crippen LogP contribution in [0.4, 0.5) is 0 Å². The highest BCUT2D eigenvalue weighted by atomic mass is 16.5. The van der Waals surface area contributed by atoms with Crippen molar-refractivity contribution >= 4 is 5.91 Å². The van der Waals surface area contributed by atoms with E-state index in [9.17, 15) is 4.79 Å². The Balaban J connectivity index is 2.58. The first-order chi connectivity index (χ1) is 8.72. The Kier molecular flexibility index (Phi) is 6.35. The normalized spacial score (nSPS) is 10.6. The molecule has 1 heterocycles. The molecule has 0 aliphatic rings. The molecule has 6 heteroatoms. The van der Waals surface area contributed by atoms with Gasteiger partial charge in [-0.05, 0) is 20.3 Å². The van der Waals surface area contributed by atoms with Gasteiger partial charge in [-0.2, -0.15) is 0 Å². The number of aromatic nitrogens is 3. The number of likely N-dealkylation sites (N-methyl/N-ethyl adjacent to an activating group) is 1. The molecule has 0 bridgehead atoms. The van der Waals surface area contributed by atoms with E-state index in [4.69, 9.17) is 4.74 Å². The zero-order chi connectivity index (χ0) is 13.4. The number of H-pyrrole nitrogens is 1. The summed E-state index contributed by atoms with van der Waals surface area (Å²) in [5.41, 5.74) is 0. The Morgan fingerprint density at radius 3 is 2.78 bits per heavy atom. The largest absolute Gasteiger partial charge is 0.380 e. The van der Waals surface area contributed by atoms with Crippen LogP contribution in [0.3, 0.4) is 0 Å². The summed E-state index contributed by atoms with van der Waals surface area (Å²) in [4.78, 5) is 18.0. The summed E-state index contributed by atoms with van der Waals surface area (Å²) in [5, 5.41) is 6.76. The van der Waals surface area contributed by atoms with Crippen LogP contribution in [0.2, 0.25) is 0 Å². The lowest BCUT2D eigenvalue weighted by Gasteiger charge is -2.18. The third-order valence-electron chi connectivity index (χ3n) is 2.59. The van der Waals surface area contributed by atoms with Gasteiger partial charge < -0.3 is 9.64 Å². The fourth-order valence-electron chi connectivity index (χ4n) is 1.60. The standard InChI is InChI=1S/C12H22N4O2/c1-4-7-10-13-11(15-14-10)12(17)16(5-2)8-9-18-6-3/h4-9H2,1-3H3,(H,13,14,15). The molecule has 1 rings (SSSR count). The summed E-state index contributed by atoms with van der Waals surface area (Å²) in [6.45, 7) is 8.33. The van der Waals surface area contributed by atoms with Gasteiger partial charge in [0, 0.05) is 26.1 Å². The van der Waals surface area contributed by atoms with Crippen LogP contribution < -0.4 is 0 Å². The molecule has 0 unspecified atom stereocenters. The van der Waals surface area contributed by atoms with E-state index < -0.39 is 0 Å². The number of amides is 1. The van der Waals surface area contributed by atoms with Gasteiger partial charge in [-0.1, -0.05) is 6.92 Å². The van der Waals surface area contributed by atoms with Crippen LogP contribution in [0.25, 0.3) is 0 Å². The van der Waals surface area contributed by atoms with Crippen LogP contribution in [-0.4, -0.2) is 52.3 Å². The Labute approximate surface area is 108 Å². The molecule has 0 saturated carbocycles. The molecule has 0 aromatic carbocycles. The predicted molar refractivity (Wildman–Crippen MR) is 68.4 cm³/mol. The van der Waals surface area contributed by atoms with Gasteiger partial charge >= 0.3 is 0 Å². The summed E-state index contributed by atoms with van der Waals surface area (Å²) in [5.74, 6) is 0.870. The Bertz CT molecular complexity index is 365. The van der Waals surface area contributed by atoms with E-state index in [-0.39, 0.29) is 11.7 Å². The number of nitrogens with zero attached hydrogens (tertiary/aromatic N) is 3. The smallest absolute Gasteiger partial charge is 0.293 e. The summed E-state index contributed by atoms with van der Waals surface area (Å²) in [6, 6.07) is 0. The van der Waals surface area contributed by atoms with Crippen LogP contribution in [0.1, 0.15) is 43.6 Å². The van der Waals surface area contributed by atoms with Crippen molar-refractivity contribution in [3.8, 4) is 0 Å². The number of carbonyl (C=O) groups excluding carboxylic acids is 1. The van der Waals surface area contributed by atoms with Crippen molar-refractivity contribution in [1.82, 2.24) is 20.1 Å². The fraction of sp³-hybridized carbons (Fsp3) is 0.750. The molecule has 1 aromatic heterocycles. The number of aryl methyl sites for hydroxylation is 1. The molecule has 6 nitrogen and oxygen atoms in total. The molecule has 102 valence electrons. The fourth-order valence-corrected chi connectivity index (χ4v) is 1.60. The molecule has 0 fully saturated rings. The second-order valence-corrected chi connectivity index (χ2v) is 3.94. The average Bonchev–Trinajstić information content (AvgIpc) is 2.83. The molecule has 1 aromatic rings. The van der Waals surface area contributed by atoms with E-state index in [1.54, 1.807) is 4.90 Å². The average molecular weight is 254 g/mol. The Hall–Kier alpha value is -1.43. The molecule has 18 heavy (non-hydrogen) atoms. The van der Waals surface area contributed by atoms with Crippen molar-refractivity contribution in [2.24, 2.45) is 0 Å². The third kappa shape index (κ3) is 4.10. The molecule has 1 amide bonds. The number of hydrogen-bond donors (Lipinski definition) is 1. The number of carbonyl (C=O) groups is 1. The summed E-state index contributed by atoms with van der Waals surface area (Å²) >= 11 is 0. The lowest BCUT2D eigenvalue weighted by atomic mass is 10.3. The van der Waals surface area contributed by atoms with E-state index in [0.29, 0.717) is 26.3 Å². The van der Waals surface area contributed by atoms with Gasteiger partial charge in [-0.3, -0.25) is 9.89 Å². The molecular weight excluding hydrogens is 232 g/mol. The van der Waals surface area contributed by atoms with Crippen LogP contribution in [0.5, 0.6) is 0 Å². The number of hydrogen-bond acceptors (Lipinski definition) is 4. The maximum atomic E-state index is 12.1. The van der Waals surface area contributed by atoms with Crippen molar-refractivity contribution in [1.29, 1.82) is 0 Å². The maximum absolute atomic E-state index is 12.1. The first-order valence-corrected chi connectivity index (χ1v) is 6.51. The van der Waals surface area contributed by atoms with E-state index in [0.717, 1.165) is 18.7 Å². The molecule has 0 atom stereocenters. The second kappa shape index (κ2) is 7.81. The number of ether oxygens (including phenoxy) is 1. The van der Waals surface area contributed by atoms with Crippen LogP contribution in [-0.2, 0) is 11.2 Å². The van der Waals surface area contributed by atoms with Gasteiger partial charge in [0.1, 0.15) is 5.82 Å². The zero-order valence-electron chi connectivity index (χ0n) is 11.4. The monoisotopic (exact) mass is 254 g/mol. The highest BCUT2D eigenvalue weighted by molar-refractivity contribution is 5.90. The van der Waals surface area contributed by atoms with Crippen molar-refractivity contribution < 1.29 is 9.53 Å². The van der Waals surface area contributed by atoms with Gasteiger partial charge in [-0.15, -0.1) is 5.10 Å². The molecule has 1 N–H and O–H groups in total. The Morgan fingerprint density at radius 1 is 1.39 bits per heavy atom. The van der Waals surface area contributed by atoms with Crippen LogP contribution in [0, 0.1) is 0 Å². The minimum Gasteiger partial charge on any atom is -0.380 e. The SMILES string of the molecule is CCCc1nc(C(=O)N(CC)CCOCC)n[nH]1. The van der Waals surface area contributed by atoms with E-state index in [2.05, 4.69) is 22.1 Å². The molecular formula is C12H22N4O2. The highest BCUT2D eigenvalue weighted by Crippen LogP contribution is 2.01. The van der Waals surface area contributed by atoms with E-state index >= 15 is 0 Å². The molecule has 0 spiro atoms. The van der Waals surface area contributed by atoms with Gasteiger partial charge in [0.05, 0.1) is 6.61 Å². The quantitative estimate of drug-likeness (QED) is 0.709. The van der Waals surface area contributed by atoms with E-state index in [1.807, 2.05) is 13.8 Å². The van der Waals surface area contributed by atoms with Crippen molar-refractivity contribution in [3.63, 3.8) is 0 Å². The number of nitrogens with one attached hydrogen (secondary N) is 1. The van der Waals surface area contributed by atoms with Crippen LogP contribution in [0.15, 0.2) is 0 Å². The topological polar surface area (TPSA) is 71.1 Å². The van der Waals surface area contributed by atoms with E-state index in [1.165, 1.54) is 0 Å². The zero-order valence-corrected chi connectivity index (χ0v) is 11.4. The summed E-state index contributed by atoms with van der Waals surface area (Å²) in [6.07, 6.45) is 1.79. The predicted octanol–water partition coefficient (Wildman–Crippen LogP) is 1.26. The van der Waals surface area contributed by atoms with Crippen LogP contribution >= 0.6 is 0 Å². The lowest BCUT2D eigenvalue weighted by molar-refractivity contribution is 0.0658. The number of rotatable bonds is 8. The first kappa shape index (κ1) is 14.6. The van der Waals surface area contributed by atoms with Gasteiger partial charge in [-0.25, -0.2) is 4.98 Å². The summed E-state index contributed by atoms with van der Waals surface area (Å²) in [7, 11) is 0. The molecule has 0 radical (unpaired) electrons. The maximum Gasteiger partial charge on any atom is 0.293 e. The summed E-state index contributed by atoms with van der Waals surface area (Å²) < 4.78 is 5.25. The molecule has 0 aliphatic carbocycles. The second-order valence-electron chi connectivity index (χ2n) is 3.94. The first-order valence-electron chi connectivity index (χ1n) is 6.51. The van der Waals surface area contributed by atoms with Crippen molar-refractivity contribution in [2.75, 3.05) is 26.3 Å². The number of aromatic amines is 1. The van der Waals surface area contributed by atoms with Crippen molar-refractivity contribution in [3.05, 3.63) is 11.6 Å². The third-order valence-corrected chi connectivity index (χ3v) is 2.59. The highest BCUT2D eigenvalue weighted by Gasteiger charge is 2.18. The Morgan fingerprint density at radius 2 is 2.17 bits per heavy atom. The van der Waals surface area contributed by atoms with Crippen molar-refractivity contribution in [2.45, 2.75) is 33.6 Å². The van der Waals surface area contributed by atoms with Gasteiger partial charge in [0.25, 0.3) is 5.91 Å². The lowest BCUT2D eigenvalue weighted by Crippen LogP contribution is -2.34. The molecule has 0 saturated heterocycles.